The van der Waals surface area contributed by atoms with Crippen LogP contribution in [0, 0.1) is 0 Å². The van der Waals surface area contributed by atoms with Crippen molar-refractivity contribution in [2.24, 2.45) is 0 Å². The molecule has 182 valence electrons. The summed E-state index contributed by atoms with van der Waals surface area (Å²) in [6.07, 6.45) is 1.29. The van der Waals surface area contributed by atoms with Gasteiger partial charge in [-0.05, 0) is 59.0 Å². The number of nitrogens with zero attached hydrogens (tertiary/aromatic N) is 3. The van der Waals surface area contributed by atoms with Crippen molar-refractivity contribution in [1.29, 1.82) is 0 Å². The van der Waals surface area contributed by atoms with Crippen molar-refractivity contribution in [3.8, 4) is 11.6 Å². The molecule has 0 aliphatic carbocycles. The Balaban J connectivity index is 1.68. The number of hydrogen-bond acceptors (Lipinski definition) is 5. The zero-order chi connectivity index (χ0) is 24.7. The van der Waals surface area contributed by atoms with E-state index < -0.39 is 11.7 Å². The quantitative estimate of drug-likeness (QED) is 0.243. The molecule has 10 heteroatoms. The molecule has 0 saturated heterocycles. The Morgan fingerprint density at radius 1 is 1.15 bits per heavy atom. The molecule has 6 nitrogen and oxygen atoms in total. The molecule has 0 N–H and O–H groups in total. The first kappa shape index (κ1) is 25.7. The lowest BCUT2D eigenvalue weighted by atomic mass is 10.1. The van der Waals surface area contributed by atoms with Gasteiger partial charge in [0.25, 0.3) is 0 Å². The first-order valence-electron chi connectivity index (χ1n) is 10.8. The Morgan fingerprint density at radius 3 is 2.59 bits per heavy atom. The highest BCUT2D eigenvalue weighted by Gasteiger charge is 2.30. The summed E-state index contributed by atoms with van der Waals surface area (Å²) in [5.41, 5.74) is 1.81. The normalized spacial score (nSPS) is 11.5. The molecule has 1 aromatic carbocycles. The first-order chi connectivity index (χ1) is 16.2. The zero-order valence-corrected chi connectivity index (χ0v) is 20.4. The van der Waals surface area contributed by atoms with Crippen LogP contribution in [-0.2, 0) is 35.0 Å². The molecule has 0 amide bonds. The number of halogens is 4. The fraction of sp³-hybridized carbons (Fsp3) is 0.375. The topological polar surface area (TPSA) is 66.2 Å². The number of esters is 1. The van der Waals surface area contributed by atoms with E-state index in [1.807, 2.05) is 31.3 Å². The maximum Gasteiger partial charge on any atom is 0.417 e. The van der Waals surface area contributed by atoms with Crippen LogP contribution in [0.2, 0.25) is 0 Å². The molecule has 0 unspecified atom stereocenters. The van der Waals surface area contributed by atoms with Crippen LogP contribution in [0.15, 0.2) is 47.2 Å². The largest absolute Gasteiger partial charge is 0.492 e. The summed E-state index contributed by atoms with van der Waals surface area (Å²) in [4.78, 5) is 15.6. The van der Waals surface area contributed by atoms with Gasteiger partial charge in [0.15, 0.2) is 5.82 Å². The molecule has 0 saturated carbocycles. The van der Waals surface area contributed by atoms with E-state index in [0.29, 0.717) is 31.0 Å². The van der Waals surface area contributed by atoms with Gasteiger partial charge >= 0.3 is 12.1 Å². The third-order valence-electron chi connectivity index (χ3n) is 5.12. The second-order valence-corrected chi connectivity index (χ2v) is 8.49. The molecule has 0 aliphatic rings. The summed E-state index contributed by atoms with van der Waals surface area (Å²) in [6.45, 7) is 2.45. The summed E-state index contributed by atoms with van der Waals surface area (Å²) >= 11 is 3.47. The zero-order valence-electron chi connectivity index (χ0n) is 18.9. The third kappa shape index (κ3) is 6.59. The number of carbonyl (C=O) groups excluding carboxylic acids is 1. The van der Waals surface area contributed by atoms with Crippen LogP contribution in [0.25, 0.3) is 5.82 Å². The van der Waals surface area contributed by atoms with E-state index in [4.69, 9.17) is 9.47 Å². The van der Waals surface area contributed by atoms with Crippen LogP contribution in [0.1, 0.15) is 42.1 Å². The number of rotatable bonds is 10. The van der Waals surface area contributed by atoms with Gasteiger partial charge < -0.3 is 9.47 Å². The number of alkyl halides is 3. The minimum Gasteiger partial charge on any atom is -0.492 e. The molecule has 2 aromatic heterocycles. The van der Waals surface area contributed by atoms with Gasteiger partial charge in [0.2, 0.25) is 0 Å². The van der Waals surface area contributed by atoms with Gasteiger partial charge in [-0.2, -0.15) is 18.3 Å². The van der Waals surface area contributed by atoms with Crippen molar-refractivity contribution in [3.63, 3.8) is 0 Å². The summed E-state index contributed by atoms with van der Waals surface area (Å²) in [5, 5.41) is 4.54. The molecular formula is C24H25BrF3N3O3. The van der Waals surface area contributed by atoms with Gasteiger partial charge in [0.05, 0.1) is 35.9 Å². The summed E-state index contributed by atoms with van der Waals surface area (Å²) < 4.78 is 51.4. The number of aryl methyl sites for hydroxylation is 2. The second-order valence-electron chi connectivity index (χ2n) is 7.63. The van der Waals surface area contributed by atoms with Crippen LogP contribution in [0.3, 0.4) is 0 Å². The number of aromatic nitrogens is 3. The SMILES string of the molecule is CCCc1nn(-c2ccc(C(F)(F)F)cn2)cc1CCCOc1c(Br)cccc1CC(=O)OC. The number of benzene rings is 1. The maximum absolute atomic E-state index is 12.8. The molecule has 0 bridgehead atoms. The van der Waals surface area contributed by atoms with E-state index in [-0.39, 0.29) is 12.4 Å². The number of ether oxygens (including phenoxy) is 2. The van der Waals surface area contributed by atoms with Gasteiger partial charge in [-0.1, -0.05) is 25.5 Å². The number of carbonyl (C=O) groups is 1. The van der Waals surface area contributed by atoms with Crippen LogP contribution >= 0.6 is 15.9 Å². The molecule has 0 atom stereocenters. The second kappa shape index (κ2) is 11.5. The summed E-state index contributed by atoms with van der Waals surface area (Å²) in [5.74, 6) is 0.580. The van der Waals surface area contributed by atoms with Crippen molar-refractivity contribution in [1.82, 2.24) is 14.8 Å². The van der Waals surface area contributed by atoms with Crippen molar-refractivity contribution in [2.75, 3.05) is 13.7 Å². The highest BCUT2D eigenvalue weighted by Crippen LogP contribution is 2.30. The van der Waals surface area contributed by atoms with E-state index in [1.165, 1.54) is 17.9 Å². The average Bonchev–Trinajstić information content (AvgIpc) is 3.20. The Bertz CT molecular complexity index is 1110. The molecule has 3 rings (SSSR count). The summed E-state index contributed by atoms with van der Waals surface area (Å²) in [6, 6.07) is 7.80. The van der Waals surface area contributed by atoms with Crippen LogP contribution in [-0.4, -0.2) is 34.5 Å². The van der Waals surface area contributed by atoms with Crippen LogP contribution in [0.4, 0.5) is 13.2 Å². The van der Waals surface area contributed by atoms with Crippen molar-refractivity contribution in [3.05, 3.63) is 69.6 Å². The standard InChI is InChI=1S/C24H25BrF3N3O3/c1-3-6-20-17(15-31(30-20)21-11-10-18(14-29-21)24(26,27)28)8-5-12-34-23-16(13-22(32)33-2)7-4-9-19(23)25/h4,7,9-11,14-15H,3,5-6,8,12-13H2,1-2H3. The van der Waals surface area contributed by atoms with Gasteiger partial charge in [-0.25, -0.2) is 9.67 Å². The molecule has 0 radical (unpaired) electrons. The maximum atomic E-state index is 12.8. The average molecular weight is 540 g/mol. The Kier molecular flexibility index (Phi) is 8.71. The number of methoxy groups -OCH3 is 1. The van der Waals surface area contributed by atoms with E-state index >= 15 is 0 Å². The van der Waals surface area contributed by atoms with E-state index in [0.717, 1.165) is 46.4 Å². The predicted octanol–water partition coefficient (Wildman–Crippen LogP) is 5.73. The van der Waals surface area contributed by atoms with Gasteiger partial charge in [-0.15, -0.1) is 0 Å². The Labute approximate surface area is 204 Å². The summed E-state index contributed by atoms with van der Waals surface area (Å²) in [7, 11) is 1.34. The lowest BCUT2D eigenvalue weighted by molar-refractivity contribution is -0.140. The van der Waals surface area contributed by atoms with Gasteiger partial charge in [0.1, 0.15) is 5.75 Å². The number of hydrogen-bond donors (Lipinski definition) is 0. The van der Waals surface area contributed by atoms with Crippen molar-refractivity contribution >= 4 is 21.9 Å². The first-order valence-corrected chi connectivity index (χ1v) is 11.6. The highest BCUT2D eigenvalue weighted by molar-refractivity contribution is 9.10. The Hall–Kier alpha value is -2.88. The molecule has 2 heterocycles. The van der Waals surface area contributed by atoms with Crippen LogP contribution < -0.4 is 4.74 Å². The monoisotopic (exact) mass is 539 g/mol. The fourth-order valence-corrected chi connectivity index (χ4v) is 3.95. The predicted molar refractivity (Wildman–Crippen MR) is 124 cm³/mol. The van der Waals surface area contributed by atoms with Crippen LogP contribution in [0.5, 0.6) is 5.75 Å². The lowest BCUT2D eigenvalue weighted by Gasteiger charge is -2.13. The van der Waals surface area contributed by atoms with E-state index in [2.05, 4.69) is 26.0 Å². The number of para-hydroxylation sites is 1. The lowest BCUT2D eigenvalue weighted by Crippen LogP contribution is -2.08. The minimum atomic E-state index is -4.43. The van der Waals surface area contributed by atoms with Gasteiger partial charge in [0, 0.05) is 18.0 Å². The van der Waals surface area contributed by atoms with Gasteiger partial charge in [-0.3, -0.25) is 4.79 Å². The smallest absolute Gasteiger partial charge is 0.417 e. The Morgan fingerprint density at radius 2 is 1.94 bits per heavy atom. The van der Waals surface area contributed by atoms with Crippen molar-refractivity contribution in [2.45, 2.75) is 45.2 Å². The molecule has 0 fully saturated rings. The van der Waals surface area contributed by atoms with E-state index in [9.17, 15) is 18.0 Å². The highest BCUT2D eigenvalue weighted by atomic mass is 79.9. The molecule has 3 aromatic rings. The minimum absolute atomic E-state index is 0.110. The molecule has 0 aliphatic heterocycles. The number of pyridine rings is 1. The molecule has 34 heavy (non-hydrogen) atoms. The molecular weight excluding hydrogens is 515 g/mol. The third-order valence-corrected chi connectivity index (χ3v) is 5.75. The van der Waals surface area contributed by atoms with Crippen molar-refractivity contribution < 1.29 is 27.4 Å². The van der Waals surface area contributed by atoms with E-state index in [1.54, 1.807) is 0 Å². The molecule has 0 spiro atoms. The fourth-order valence-electron chi connectivity index (χ4n) is 3.43.